The van der Waals surface area contributed by atoms with Gasteiger partial charge in [0.1, 0.15) is 11.5 Å². The number of hydrogen-bond donors (Lipinski definition) is 1. The van der Waals surface area contributed by atoms with Gasteiger partial charge in [-0.15, -0.1) is 0 Å². The van der Waals surface area contributed by atoms with E-state index in [9.17, 15) is 4.21 Å². The number of H-pyrrole nitrogens is 1. The molecule has 0 bridgehead atoms. The minimum absolute atomic E-state index is 0.411. The summed E-state index contributed by atoms with van der Waals surface area (Å²) in [5, 5.41) is 0. The van der Waals surface area contributed by atoms with E-state index in [4.69, 9.17) is 0 Å². The van der Waals surface area contributed by atoms with Gasteiger partial charge in [0.2, 0.25) is 0 Å². The molecule has 0 radical (unpaired) electrons. The molecule has 22 heavy (non-hydrogen) atoms. The van der Waals surface area contributed by atoms with Crippen LogP contribution in [0.2, 0.25) is 0 Å². The van der Waals surface area contributed by atoms with E-state index in [0.717, 1.165) is 28.2 Å². The first kappa shape index (κ1) is 13.2. The molecule has 1 unspecified atom stereocenters. The topological polar surface area (TPSA) is 63.0 Å². The predicted octanol–water partition coefficient (Wildman–Crippen LogP) is 2.66. The van der Waals surface area contributed by atoms with Crippen LogP contribution in [0.5, 0.6) is 0 Å². The highest BCUT2D eigenvalue weighted by atomic mass is 32.2. The summed E-state index contributed by atoms with van der Waals surface area (Å²) in [4.78, 5) is 12.0. The van der Waals surface area contributed by atoms with Gasteiger partial charge in [0, 0.05) is 17.0 Å². The van der Waals surface area contributed by atoms with Crippen molar-refractivity contribution < 1.29 is 4.21 Å². The number of hydrogen-bond acceptors (Lipinski definition) is 3. The van der Waals surface area contributed by atoms with Crippen LogP contribution in [0.4, 0.5) is 0 Å². The maximum Gasteiger partial charge on any atom is 0.136 e. The van der Waals surface area contributed by atoms with Crippen LogP contribution >= 0.6 is 0 Å². The molecule has 0 saturated carbocycles. The van der Waals surface area contributed by atoms with Gasteiger partial charge in [-0.3, -0.25) is 4.21 Å². The van der Waals surface area contributed by atoms with Gasteiger partial charge in [-0.25, -0.2) is 9.97 Å². The van der Waals surface area contributed by atoms with E-state index in [1.54, 1.807) is 6.20 Å². The van der Waals surface area contributed by atoms with Crippen LogP contribution in [0.15, 0.2) is 54.9 Å². The first-order chi connectivity index (χ1) is 10.8. The van der Waals surface area contributed by atoms with Gasteiger partial charge in [-0.05, 0) is 24.3 Å². The van der Waals surface area contributed by atoms with Crippen molar-refractivity contribution in [2.75, 3.05) is 0 Å². The standard InChI is InChI=1S/C16H14N4OS/c21-22(10-12-9-17-16-7-3-4-8-20(12)16)11-15-18-13-5-1-2-6-14(13)19-15/h1-9H,10-11H2,(H,18,19). The van der Waals surface area contributed by atoms with Crippen molar-refractivity contribution in [3.05, 3.63) is 66.4 Å². The largest absolute Gasteiger partial charge is 0.341 e. The third-order valence-corrected chi connectivity index (χ3v) is 4.75. The van der Waals surface area contributed by atoms with E-state index in [-0.39, 0.29) is 0 Å². The zero-order chi connectivity index (χ0) is 14.9. The highest BCUT2D eigenvalue weighted by molar-refractivity contribution is 7.83. The molecule has 1 atom stereocenters. The molecule has 6 heteroatoms. The third-order valence-electron chi connectivity index (χ3n) is 3.54. The van der Waals surface area contributed by atoms with E-state index in [0.29, 0.717) is 11.5 Å². The lowest BCUT2D eigenvalue weighted by molar-refractivity contribution is 0.680. The van der Waals surface area contributed by atoms with Gasteiger partial charge in [-0.2, -0.15) is 0 Å². The Labute approximate surface area is 129 Å². The molecule has 4 rings (SSSR count). The van der Waals surface area contributed by atoms with Crippen LogP contribution in [0.3, 0.4) is 0 Å². The number of imidazole rings is 2. The van der Waals surface area contributed by atoms with Gasteiger partial charge in [0.15, 0.2) is 0 Å². The molecule has 3 aromatic heterocycles. The van der Waals surface area contributed by atoms with Gasteiger partial charge in [0.05, 0.1) is 34.4 Å². The Morgan fingerprint density at radius 3 is 2.86 bits per heavy atom. The Morgan fingerprint density at radius 1 is 1.09 bits per heavy atom. The van der Waals surface area contributed by atoms with E-state index in [1.807, 2.05) is 53.1 Å². The van der Waals surface area contributed by atoms with Crippen LogP contribution in [-0.4, -0.2) is 23.6 Å². The Hall–Kier alpha value is -2.47. The van der Waals surface area contributed by atoms with E-state index >= 15 is 0 Å². The normalized spacial score (nSPS) is 12.9. The van der Waals surface area contributed by atoms with Crippen LogP contribution < -0.4 is 0 Å². The summed E-state index contributed by atoms with van der Waals surface area (Å²) in [5.41, 5.74) is 3.71. The molecule has 0 aliphatic carbocycles. The molecule has 1 N–H and O–H groups in total. The van der Waals surface area contributed by atoms with Crippen molar-refractivity contribution in [1.29, 1.82) is 0 Å². The van der Waals surface area contributed by atoms with Crippen molar-refractivity contribution >= 4 is 27.5 Å². The summed E-state index contributed by atoms with van der Waals surface area (Å²) in [7, 11) is -1.04. The molecule has 1 aromatic carbocycles. The number of nitrogens with zero attached hydrogens (tertiary/aromatic N) is 3. The summed E-state index contributed by atoms with van der Waals surface area (Å²) in [5.74, 6) is 1.63. The third kappa shape index (κ3) is 2.42. The fraction of sp³-hybridized carbons (Fsp3) is 0.125. The number of aromatic nitrogens is 4. The average molecular weight is 310 g/mol. The summed E-state index contributed by atoms with van der Waals surface area (Å²) >= 11 is 0. The summed E-state index contributed by atoms with van der Waals surface area (Å²) in [6.07, 6.45) is 3.72. The lowest BCUT2D eigenvalue weighted by Crippen LogP contribution is -2.03. The monoisotopic (exact) mass is 310 g/mol. The van der Waals surface area contributed by atoms with Crippen molar-refractivity contribution in [3.8, 4) is 0 Å². The van der Waals surface area contributed by atoms with E-state index < -0.39 is 10.8 Å². The van der Waals surface area contributed by atoms with Crippen molar-refractivity contribution in [2.45, 2.75) is 11.5 Å². The summed E-state index contributed by atoms with van der Waals surface area (Å²) < 4.78 is 14.4. The lowest BCUT2D eigenvalue weighted by Gasteiger charge is -2.01. The molecule has 0 spiro atoms. The van der Waals surface area contributed by atoms with Crippen LogP contribution in [-0.2, 0) is 22.3 Å². The molecule has 0 aliphatic rings. The van der Waals surface area contributed by atoms with Gasteiger partial charge in [0.25, 0.3) is 0 Å². The second-order valence-electron chi connectivity index (χ2n) is 5.11. The Balaban J connectivity index is 1.55. The maximum absolute atomic E-state index is 12.4. The molecule has 0 saturated heterocycles. The molecule has 3 heterocycles. The van der Waals surface area contributed by atoms with Crippen LogP contribution in [0, 0.1) is 0 Å². The number of pyridine rings is 1. The zero-order valence-corrected chi connectivity index (χ0v) is 12.6. The molecular weight excluding hydrogens is 296 g/mol. The number of para-hydroxylation sites is 2. The molecule has 4 aromatic rings. The Morgan fingerprint density at radius 2 is 1.95 bits per heavy atom. The second kappa shape index (κ2) is 5.38. The molecule has 5 nitrogen and oxygen atoms in total. The number of benzene rings is 1. The van der Waals surface area contributed by atoms with E-state index in [1.165, 1.54) is 0 Å². The Kier molecular flexibility index (Phi) is 3.23. The average Bonchev–Trinajstić information content (AvgIpc) is 3.11. The molecule has 0 amide bonds. The van der Waals surface area contributed by atoms with Crippen LogP contribution in [0.25, 0.3) is 16.7 Å². The summed E-state index contributed by atoms with van der Waals surface area (Å²) in [6, 6.07) is 13.6. The van der Waals surface area contributed by atoms with Crippen molar-refractivity contribution in [1.82, 2.24) is 19.4 Å². The van der Waals surface area contributed by atoms with Gasteiger partial charge >= 0.3 is 0 Å². The second-order valence-corrected chi connectivity index (χ2v) is 6.56. The fourth-order valence-electron chi connectivity index (χ4n) is 2.53. The number of rotatable bonds is 4. The highest BCUT2D eigenvalue weighted by Crippen LogP contribution is 2.14. The minimum atomic E-state index is -1.04. The number of fused-ring (bicyclic) bond motifs is 2. The molecule has 0 fully saturated rings. The van der Waals surface area contributed by atoms with Gasteiger partial charge < -0.3 is 9.38 Å². The van der Waals surface area contributed by atoms with Gasteiger partial charge in [-0.1, -0.05) is 18.2 Å². The highest BCUT2D eigenvalue weighted by Gasteiger charge is 2.10. The predicted molar refractivity (Wildman–Crippen MR) is 86.8 cm³/mol. The fourth-order valence-corrected chi connectivity index (χ4v) is 3.62. The molecule has 0 aliphatic heterocycles. The minimum Gasteiger partial charge on any atom is -0.341 e. The first-order valence-electron chi connectivity index (χ1n) is 6.99. The molecule has 110 valence electrons. The lowest BCUT2D eigenvalue weighted by atomic mass is 10.3. The van der Waals surface area contributed by atoms with Crippen LogP contribution in [0.1, 0.15) is 11.5 Å². The zero-order valence-electron chi connectivity index (χ0n) is 11.8. The number of aromatic amines is 1. The Bertz CT molecular complexity index is 939. The SMILES string of the molecule is O=S(Cc1nc2ccccc2[nH]1)Cc1cnc2ccccn12. The van der Waals surface area contributed by atoms with Crippen molar-refractivity contribution in [2.24, 2.45) is 0 Å². The number of nitrogens with one attached hydrogen (secondary N) is 1. The quantitative estimate of drug-likeness (QED) is 0.630. The first-order valence-corrected chi connectivity index (χ1v) is 8.48. The summed E-state index contributed by atoms with van der Waals surface area (Å²) in [6.45, 7) is 0. The van der Waals surface area contributed by atoms with Crippen molar-refractivity contribution in [3.63, 3.8) is 0 Å². The van der Waals surface area contributed by atoms with E-state index in [2.05, 4.69) is 15.0 Å². The smallest absolute Gasteiger partial charge is 0.136 e. The molecular formula is C16H14N4OS. The maximum atomic E-state index is 12.4.